The average molecular weight is 284 g/mol. The zero-order chi connectivity index (χ0) is 9.30. The summed E-state index contributed by atoms with van der Waals surface area (Å²) < 4.78 is 25.1. The van der Waals surface area contributed by atoms with Gasteiger partial charge in [-0.3, -0.25) is 4.98 Å². The maximum Gasteiger partial charge on any atom is 0.280 e. The van der Waals surface area contributed by atoms with Crippen LogP contribution in [0.5, 0.6) is 0 Å². The lowest BCUT2D eigenvalue weighted by Crippen LogP contribution is -2.01. The van der Waals surface area contributed by atoms with Crippen LogP contribution in [-0.4, -0.2) is 4.98 Å². The number of hydrogen-bond acceptors (Lipinski definition) is 2. The average Bonchev–Trinajstić information content (AvgIpc) is 2.00. The number of pyridine rings is 1. The largest absolute Gasteiger partial charge is 0.398 e. The van der Waals surface area contributed by atoms with Crippen LogP contribution in [0.15, 0.2) is 6.20 Å². The summed E-state index contributed by atoms with van der Waals surface area (Å²) in [6.07, 6.45) is -1.20. The lowest BCUT2D eigenvalue weighted by molar-refractivity contribution is 0.145. The first kappa shape index (κ1) is 9.63. The molecule has 2 N–H and O–H groups in total. The fraction of sp³-hybridized carbons (Fsp3) is 0.286. The third kappa shape index (κ3) is 1.65. The minimum atomic E-state index is -2.55. The van der Waals surface area contributed by atoms with Crippen LogP contribution in [0.1, 0.15) is 17.7 Å². The molecule has 0 radical (unpaired) electrons. The van der Waals surface area contributed by atoms with E-state index >= 15 is 0 Å². The fourth-order valence-electron chi connectivity index (χ4n) is 0.830. The van der Waals surface area contributed by atoms with E-state index in [9.17, 15) is 8.78 Å². The normalized spacial score (nSPS) is 10.8. The van der Waals surface area contributed by atoms with Crippen LogP contribution in [0, 0.1) is 10.5 Å². The maximum atomic E-state index is 12.2. The number of nitrogen functional groups attached to an aromatic ring is 1. The number of halogens is 3. The van der Waals surface area contributed by atoms with E-state index in [1.54, 1.807) is 6.92 Å². The number of rotatable bonds is 1. The molecule has 5 heteroatoms. The van der Waals surface area contributed by atoms with Crippen LogP contribution in [0.25, 0.3) is 0 Å². The van der Waals surface area contributed by atoms with Crippen molar-refractivity contribution in [1.29, 1.82) is 0 Å². The zero-order valence-electron chi connectivity index (χ0n) is 6.31. The Morgan fingerprint density at radius 1 is 1.58 bits per heavy atom. The van der Waals surface area contributed by atoms with E-state index in [2.05, 4.69) is 4.98 Å². The quantitative estimate of drug-likeness (QED) is 0.805. The van der Waals surface area contributed by atoms with Crippen molar-refractivity contribution in [2.45, 2.75) is 13.3 Å². The number of anilines is 1. The summed E-state index contributed by atoms with van der Waals surface area (Å²) in [5.74, 6) is 0. The number of nitrogens with two attached hydrogens (primary N) is 1. The van der Waals surface area contributed by atoms with E-state index < -0.39 is 6.43 Å². The minimum absolute atomic E-state index is 0.229. The van der Waals surface area contributed by atoms with Gasteiger partial charge in [0.05, 0.1) is 9.26 Å². The van der Waals surface area contributed by atoms with Crippen molar-refractivity contribution in [1.82, 2.24) is 4.98 Å². The van der Waals surface area contributed by atoms with Gasteiger partial charge >= 0.3 is 0 Å². The number of alkyl halides is 2. The van der Waals surface area contributed by atoms with Gasteiger partial charge in [0.2, 0.25) is 0 Å². The molecule has 0 atom stereocenters. The van der Waals surface area contributed by atoms with Crippen LogP contribution in [0.4, 0.5) is 14.5 Å². The Bertz CT molecular complexity index is 302. The highest BCUT2D eigenvalue weighted by atomic mass is 127. The van der Waals surface area contributed by atoms with E-state index in [0.717, 1.165) is 0 Å². The molecular weight excluding hydrogens is 277 g/mol. The van der Waals surface area contributed by atoms with Gasteiger partial charge in [-0.25, -0.2) is 8.78 Å². The molecule has 1 aromatic heterocycles. The molecule has 0 aromatic carbocycles. The molecule has 0 bridgehead atoms. The van der Waals surface area contributed by atoms with Crippen molar-refractivity contribution in [3.63, 3.8) is 0 Å². The third-order valence-electron chi connectivity index (χ3n) is 1.57. The lowest BCUT2D eigenvalue weighted by atomic mass is 10.2. The molecule has 1 rings (SSSR count). The van der Waals surface area contributed by atoms with Gasteiger partial charge in [-0.05, 0) is 29.5 Å². The monoisotopic (exact) mass is 284 g/mol. The number of hydrogen-bond donors (Lipinski definition) is 1. The van der Waals surface area contributed by atoms with Gasteiger partial charge < -0.3 is 5.73 Å². The highest BCUT2D eigenvalue weighted by Crippen LogP contribution is 2.26. The first-order valence-corrected chi connectivity index (χ1v) is 4.30. The van der Waals surface area contributed by atoms with Gasteiger partial charge in [0, 0.05) is 11.8 Å². The third-order valence-corrected chi connectivity index (χ3v) is 2.43. The minimum Gasteiger partial charge on any atom is -0.398 e. The highest BCUT2D eigenvalue weighted by molar-refractivity contribution is 14.1. The van der Waals surface area contributed by atoms with Crippen LogP contribution in [0.3, 0.4) is 0 Å². The first-order valence-electron chi connectivity index (χ1n) is 3.22. The van der Waals surface area contributed by atoms with Crippen molar-refractivity contribution in [2.75, 3.05) is 5.73 Å². The Kier molecular flexibility index (Phi) is 2.81. The summed E-state index contributed by atoms with van der Waals surface area (Å²) in [4.78, 5) is 3.60. The van der Waals surface area contributed by atoms with Crippen molar-refractivity contribution in [3.05, 3.63) is 21.0 Å². The SMILES string of the molecule is Cc1c(C(F)F)ncc(I)c1N. The van der Waals surface area contributed by atoms with Gasteiger partial charge in [-0.1, -0.05) is 0 Å². The van der Waals surface area contributed by atoms with Crippen LogP contribution in [0.2, 0.25) is 0 Å². The summed E-state index contributed by atoms with van der Waals surface area (Å²) in [5.41, 5.74) is 6.07. The van der Waals surface area contributed by atoms with Crippen molar-refractivity contribution in [2.24, 2.45) is 0 Å². The lowest BCUT2D eigenvalue weighted by Gasteiger charge is -2.07. The van der Waals surface area contributed by atoms with E-state index in [1.165, 1.54) is 6.20 Å². The molecule has 0 aliphatic rings. The standard InChI is InChI=1S/C7H7F2IN2/c1-3-5(11)4(10)2-12-6(3)7(8)9/h2,7H,1H3,(H2,11,12). The van der Waals surface area contributed by atoms with Crippen molar-refractivity contribution in [3.8, 4) is 0 Å². The Hall–Kier alpha value is -0.460. The van der Waals surface area contributed by atoms with E-state index in [1.807, 2.05) is 22.6 Å². The molecule has 1 heterocycles. The van der Waals surface area contributed by atoms with Crippen LogP contribution < -0.4 is 5.73 Å². The summed E-state index contributed by atoms with van der Waals surface area (Å²) in [6.45, 7) is 1.55. The van der Waals surface area contributed by atoms with Gasteiger partial charge in [0.15, 0.2) is 0 Å². The second-order valence-corrected chi connectivity index (χ2v) is 3.49. The van der Waals surface area contributed by atoms with Gasteiger partial charge in [-0.15, -0.1) is 0 Å². The number of aromatic nitrogens is 1. The maximum absolute atomic E-state index is 12.2. The second kappa shape index (κ2) is 3.51. The fourth-order valence-corrected chi connectivity index (χ4v) is 1.37. The van der Waals surface area contributed by atoms with Crippen LogP contribution in [-0.2, 0) is 0 Å². The molecular formula is C7H7F2IN2. The zero-order valence-corrected chi connectivity index (χ0v) is 8.47. The van der Waals surface area contributed by atoms with Gasteiger partial charge in [-0.2, -0.15) is 0 Å². The van der Waals surface area contributed by atoms with Gasteiger partial charge in [0.25, 0.3) is 6.43 Å². The van der Waals surface area contributed by atoms with Crippen molar-refractivity contribution < 1.29 is 8.78 Å². The van der Waals surface area contributed by atoms with E-state index in [0.29, 0.717) is 14.8 Å². The Balaban J connectivity index is 3.27. The molecule has 0 saturated heterocycles. The predicted molar refractivity (Wildman–Crippen MR) is 51.1 cm³/mol. The molecule has 66 valence electrons. The molecule has 1 aromatic rings. The Morgan fingerprint density at radius 2 is 2.17 bits per heavy atom. The number of nitrogens with zero attached hydrogens (tertiary/aromatic N) is 1. The summed E-state index contributed by atoms with van der Waals surface area (Å²) in [6, 6.07) is 0. The first-order chi connectivity index (χ1) is 5.54. The molecule has 0 amide bonds. The molecule has 0 spiro atoms. The molecule has 0 aliphatic heterocycles. The topological polar surface area (TPSA) is 38.9 Å². The molecule has 0 fully saturated rings. The molecule has 2 nitrogen and oxygen atoms in total. The van der Waals surface area contributed by atoms with Crippen LogP contribution >= 0.6 is 22.6 Å². The molecule has 0 unspecified atom stereocenters. The van der Waals surface area contributed by atoms with E-state index in [4.69, 9.17) is 5.73 Å². The van der Waals surface area contributed by atoms with Gasteiger partial charge in [0.1, 0.15) is 5.69 Å². The molecule has 0 saturated carbocycles. The summed E-state index contributed by atoms with van der Waals surface area (Å²) in [5, 5.41) is 0. The molecule has 12 heavy (non-hydrogen) atoms. The smallest absolute Gasteiger partial charge is 0.280 e. The van der Waals surface area contributed by atoms with E-state index in [-0.39, 0.29) is 5.69 Å². The predicted octanol–water partition coefficient (Wildman–Crippen LogP) is 2.51. The highest BCUT2D eigenvalue weighted by Gasteiger charge is 2.14. The Morgan fingerprint density at radius 3 is 2.67 bits per heavy atom. The Labute approximate surface area is 82.3 Å². The molecule has 0 aliphatic carbocycles. The summed E-state index contributed by atoms with van der Waals surface area (Å²) in [7, 11) is 0. The van der Waals surface area contributed by atoms with Crippen molar-refractivity contribution >= 4 is 28.3 Å². The second-order valence-electron chi connectivity index (χ2n) is 2.33. The summed E-state index contributed by atoms with van der Waals surface area (Å²) >= 11 is 1.96.